The van der Waals surface area contributed by atoms with Crippen molar-refractivity contribution in [2.45, 2.75) is 44.7 Å². The van der Waals surface area contributed by atoms with Crippen LogP contribution >= 0.6 is 22.7 Å². The Labute approximate surface area is 185 Å². The van der Waals surface area contributed by atoms with E-state index >= 15 is 0 Å². The van der Waals surface area contributed by atoms with E-state index in [1.165, 1.54) is 50.8 Å². The number of carbonyl (C=O) groups is 1. The third-order valence-corrected chi connectivity index (χ3v) is 8.31. The van der Waals surface area contributed by atoms with Crippen molar-refractivity contribution in [3.63, 3.8) is 0 Å². The molecule has 1 N–H and O–H groups in total. The molecule has 4 heterocycles. The standard InChI is InChI=1S/C23H27N3O2S2/c1-28-13-6-11-24-23(27)26-15-17-16-7-2-3-9-19(16)30-22(17)25-12-4-8-18(25)21(26)20-10-5-14-29-20/h4-5,8,10,12,14,21H,2-3,6-7,9,11,13,15H2,1H3,(H,24,27)/t21-/m1/s1. The van der Waals surface area contributed by atoms with Gasteiger partial charge in [-0.1, -0.05) is 6.07 Å². The molecular formula is C23H27N3O2S2. The maximum atomic E-state index is 13.4. The lowest BCUT2D eigenvalue weighted by Crippen LogP contribution is -2.42. The van der Waals surface area contributed by atoms with E-state index in [0.717, 1.165) is 12.8 Å². The molecular weight excluding hydrogens is 414 g/mol. The van der Waals surface area contributed by atoms with E-state index in [9.17, 15) is 4.79 Å². The van der Waals surface area contributed by atoms with E-state index in [1.54, 1.807) is 18.4 Å². The van der Waals surface area contributed by atoms with Crippen LogP contribution in [0.3, 0.4) is 0 Å². The molecule has 0 radical (unpaired) electrons. The molecule has 2 amide bonds. The van der Waals surface area contributed by atoms with Crippen LogP contribution in [-0.4, -0.2) is 35.8 Å². The summed E-state index contributed by atoms with van der Waals surface area (Å²) in [5.74, 6) is 0. The first-order valence-corrected chi connectivity index (χ1v) is 12.4. The van der Waals surface area contributed by atoms with Gasteiger partial charge in [0.25, 0.3) is 0 Å². The van der Waals surface area contributed by atoms with Gasteiger partial charge in [-0.05, 0) is 61.2 Å². The second-order valence-electron chi connectivity index (χ2n) is 7.92. The highest BCUT2D eigenvalue weighted by molar-refractivity contribution is 7.15. The molecule has 0 bridgehead atoms. The number of fused-ring (bicyclic) bond motifs is 5. The second-order valence-corrected chi connectivity index (χ2v) is 9.98. The summed E-state index contributed by atoms with van der Waals surface area (Å²) in [6.07, 6.45) is 7.79. The van der Waals surface area contributed by atoms with Gasteiger partial charge in [0, 0.05) is 41.8 Å². The summed E-state index contributed by atoms with van der Waals surface area (Å²) in [5, 5.41) is 6.54. The fraction of sp³-hybridized carbons (Fsp3) is 0.435. The first-order valence-electron chi connectivity index (χ1n) is 10.7. The van der Waals surface area contributed by atoms with Gasteiger partial charge in [-0.2, -0.15) is 0 Å². The Morgan fingerprint density at radius 1 is 1.23 bits per heavy atom. The highest BCUT2D eigenvalue weighted by Crippen LogP contribution is 2.44. The number of carbonyl (C=O) groups excluding carboxylic acids is 1. The van der Waals surface area contributed by atoms with E-state index in [1.807, 2.05) is 16.2 Å². The van der Waals surface area contributed by atoms with E-state index < -0.39 is 0 Å². The lowest BCUT2D eigenvalue weighted by Gasteiger charge is -2.30. The molecule has 0 fully saturated rings. The molecule has 3 aromatic rings. The van der Waals surface area contributed by atoms with Crippen molar-refractivity contribution in [1.82, 2.24) is 14.8 Å². The smallest absolute Gasteiger partial charge is 0.318 e. The van der Waals surface area contributed by atoms with Gasteiger partial charge in [-0.25, -0.2) is 4.79 Å². The Kier molecular flexibility index (Phi) is 5.67. The molecule has 30 heavy (non-hydrogen) atoms. The highest BCUT2D eigenvalue weighted by Gasteiger charge is 2.36. The number of thiophene rings is 2. The number of ether oxygens (including phenoxy) is 1. The Balaban J connectivity index is 1.57. The zero-order valence-electron chi connectivity index (χ0n) is 17.2. The van der Waals surface area contributed by atoms with E-state index in [2.05, 4.69) is 45.7 Å². The first kappa shape index (κ1) is 19.8. The number of urea groups is 1. The van der Waals surface area contributed by atoms with Gasteiger partial charge < -0.3 is 19.5 Å². The van der Waals surface area contributed by atoms with Crippen molar-refractivity contribution in [1.29, 1.82) is 0 Å². The average Bonchev–Trinajstić information content (AvgIpc) is 3.50. The summed E-state index contributed by atoms with van der Waals surface area (Å²) >= 11 is 3.64. The van der Waals surface area contributed by atoms with Crippen molar-refractivity contribution >= 4 is 28.7 Å². The van der Waals surface area contributed by atoms with Crippen LogP contribution in [0.2, 0.25) is 0 Å². The molecule has 1 aliphatic heterocycles. The van der Waals surface area contributed by atoms with Crippen LogP contribution in [0.1, 0.15) is 51.9 Å². The normalized spacial score (nSPS) is 17.8. The van der Waals surface area contributed by atoms with Crippen molar-refractivity contribution in [3.8, 4) is 5.00 Å². The molecule has 0 saturated carbocycles. The SMILES string of the molecule is COCCCNC(=O)N1Cc2c(sc3c2CCCC3)-n2cccc2[C@@H]1c1cccs1. The van der Waals surface area contributed by atoms with Gasteiger partial charge in [0.15, 0.2) is 0 Å². The number of hydrogen-bond acceptors (Lipinski definition) is 4. The van der Waals surface area contributed by atoms with Gasteiger partial charge in [0.1, 0.15) is 11.0 Å². The largest absolute Gasteiger partial charge is 0.385 e. The molecule has 0 spiro atoms. The van der Waals surface area contributed by atoms with E-state index in [0.29, 0.717) is 19.7 Å². The third-order valence-electron chi connectivity index (χ3n) is 6.05. The Morgan fingerprint density at radius 2 is 2.13 bits per heavy atom. The first-order chi connectivity index (χ1) is 14.8. The fourth-order valence-corrected chi connectivity index (χ4v) is 6.90. The van der Waals surface area contributed by atoms with Gasteiger partial charge >= 0.3 is 6.03 Å². The summed E-state index contributed by atoms with van der Waals surface area (Å²) in [5.41, 5.74) is 4.00. The molecule has 3 aromatic heterocycles. The Morgan fingerprint density at radius 3 is 2.97 bits per heavy atom. The lowest BCUT2D eigenvalue weighted by atomic mass is 9.95. The third kappa shape index (κ3) is 3.49. The summed E-state index contributed by atoms with van der Waals surface area (Å²) in [6, 6.07) is 8.42. The van der Waals surface area contributed by atoms with Crippen LogP contribution in [0, 0.1) is 0 Å². The molecule has 0 saturated heterocycles. The van der Waals surface area contributed by atoms with Gasteiger partial charge in [-0.3, -0.25) is 0 Å². The minimum absolute atomic E-state index is 0.000799. The summed E-state index contributed by atoms with van der Waals surface area (Å²) in [4.78, 5) is 18.2. The topological polar surface area (TPSA) is 46.5 Å². The van der Waals surface area contributed by atoms with E-state index in [-0.39, 0.29) is 12.1 Å². The van der Waals surface area contributed by atoms with Crippen LogP contribution in [0.25, 0.3) is 5.00 Å². The minimum atomic E-state index is -0.0822. The van der Waals surface area contributed by atoms with Crippen LogP contribution in [-0.2, 0) is 24.1 Å². The molecule has 1 atom stereocenters. The maximum absolute atomic E-state index is 13.4. The minimum Gasteiger partial charge on any atom is -0.385 e. The Bertz CT molecular complexity index is 1020. The number of nitrogens with one attached hydrogen (secondary N) is 1. The van der Waals surface area contributed by atoms with Crippen molar-refractivity contribution < 1.29 is 9.53 Å². The highest BCUT2D eigenvalue weighted by atomic mass is 32.1. The number of methoxy groups -OCH3 is 1. The molecule has 158 valence electrons. The van der Waals surface area contributed by atoms with Gasteiger partial charge in [0.2, 0.25) is 0 Å². The van der Waals surface area contributed by atoms with Gasteiger partial charge in [-0.15, -0.1) is 22.7 Å². The number of aromatic nitrogens is 1. The Hall–Kier alpha value is -2.09. The van der Waals surface area contributed by atoms with Crippen molar-refractivity contribution in [3.05, 3.63) is 62.4 Å². The molecule has 5 rings (SSSR count). The van der Waals surface area contributed by atoms with Crippen LogP contribution in [0.4, 0.5) is 4.79 Å². The number of amides is 2. The molecule has 1 aliphatic carbocycles. The molecule has 0 aromatic carbocycles. The van der Waals surface area contributed by atoms with Crippen molar-refractivity contribution in [2.75, 3.05) is 20.3 Å². The summed E-state index contributed by atoms with van der Waals surface area (Å²) in [6.45, 7) is 1.93. The second kappa shape index (κ2) is 8.57. The number of rotatable bonds is 5. The average molecular weight is 442 g/mol. The van der Waals surface area contributed by atoms with Gasteiger partial charge in [0.05, 0.1) is 12.2 Å². The quantitative estimate of drug-likeness (QED) is 0.558. The van der Waals surface area contributed by atoms with Crippen molar-refractivity contribution in [2.24, 2.45) is 0 Å². The number of hydrogen-bond donors (Lipinski definition) is 1. The fourth-order valence-electron chi connectivity index (χ4n) is 4.65. The van der Waals surface area contributed by atoms with E-state index in [4.69, 9.17) is 4.74 Å². The predicted octanol–water partition coefficient (Wildman–Crippen LogP) is 5.13. The lowest BCUT2D eigenvalue weighted by molar-refractivity contribution is 0.174. The zero-order valence-corrected chi connectivity index (χ0v) is 18.9. The van der Waals surface area contributed by atoms with Crippen LogP contribution in [0.15, 0.2) is 35.8 Å². The summed E-state index contributed by atoms with van der Waals surface area (Å²) < 4.78 is 7.47. The number of nitrogens with zero attached hydrogens (tertiary/aromatic N) is 2. The maximum Gasteiger partial charge on any atom is 0.318 e. The van der Waals surface area contributed by atoms with Crippen LogP contribution < -0.4 is 5.32 Å². The molecule has 2 aliphatic rings. The number of aryl methyl sites for hydroxylation is 1. The summed E-state index contributed by atoms with van der Waals surface area (Å²) in [7, 11) is 1.69. The zero-order chi connectivity index (χ0) is 20.5. The molecule has 0 unspecified atom stereocenters. The predicted molar refractivity (Wildman–Crippen MR) is 122 cm³/mol. The molecule has 7 heteroatoms. The van der Waals surface area contributed by atoms with Crippen LogP contribution in [0.5, 0.6) is 0 Å². The molecule has 5 nitrogen and oxygen atoms in total. The monoisotopic (exact) mass is 441 g/mol.